The van der Waals surface area contributed by atoms with Gasteiger partial charge in [0.15, 0.2) is 5.78 Å². The summed E-state index contributed by atoms with van der Waals surface area (Å²) >= 11 is 3.37. The van der Waals surface area contributed by atoms with Crippen molar-refractivity contribution in [2.45, 2.75) is 50.0 Å². The molecular weight excluding hydrogens is 428 g/mol. The van der Waals surface area contributed by atoms with Crippen molar-refractivity contribution in [2.75, 3.05) is 20.0 Å². The van der Waals surface area contributed by atoms with Crippen LogP contribution in [-0.2, 0) is 12.8 Å². The van der Waals surface area contributed by atoms with Gasteiger partial charge in [0.2, 0.25) is 0 Å². The summed E-state index contributed by atoms with van der Waals surface area (Å²) in [6.07, 6.45) is 5.73. The van der Waals surface area contributed by atoms with Gasteiger partial charge in [-0.2, -0.15) is 0 Å². The molecule has 162 valence electrons. The molecule has 0 aliphatic heterocycles. The topological polar surface area (TPSA) is 61.3 Å². The molecule has 1 aromatic carbocycles. The van der Waals surface area contributed by atoms with Crippen LogP contribution < -0.4 is 9.47 Å². The van der Waals surface area contributed by atoms with E-state index in [0.29, 0.717) is 28.7 Å². The molecule has 3 aromatic rings. The van der Waals surface area contributed by atoms with Crippen LogP contribution in [0.25, 0.3) is 10.2 Å². The predicted octanol–water partition coefficient (Wildman–Crippen LogP) is 5.69. The number of fused-ring (bicyclic) bond motifs is 3. The number of carbonyl (C=O) groups excluding carboxylic acids is 1. The Bertz CT molecular complexity index is 1150. The smallest absolute Gasteiger partial charge is 0.176 e. The molecule has 7 heteroatoms. The largest absolute Gasteiger partial charge is 0.497 e. The Labute approximate surface area is 190 Å². The van der Waals surface area contributed by atoms with E-state index >= 15 is 0 Å². The number of ketones is 1. The third-order valence-corrected chi connectivity index (χ3v) is 8.25. The normalized spacial score (nSPS) is 18.1. The maximum absolute atomic E-state index is 13.1. The summed E-state index contributed by atoms with van der Waals surface area (Å²) in [7, 11) is 3.18. The highest BCUT2D eigenvalue weighted by molar-refractivity contribution is 8.00. The maximum atomic E-state index is 13.1. The summed E-state index contributed by atoms with van der Waals surface area (Å²) in [5.74, 6) is 3.69. The van der Waals surface area contributed by atoms with E-state index in [2.05, 4.69) is 6.92 Å². The second-order valence-corrected chi connectivity index (χ2v) is 10.5. The second-order valence-electron chi connectivity index (χ2n) is 8.47. The molecule has 2 aromatic heterocycles. The zero-order chi connectivity index (χ0) is 21.5. The minimum absolute atomic E-state index is 0.0122. The first kappa shape index (κ1) is 20.8. The van der Waals surface area contributed by atoms with Crippen LogP contribution in [0.3, 0.4) is 0 Å². The van der Waals surface area contributed by atoms with Crippen molar-refractivity contribution in [1.82, 2.24) is 9.97 Å². The van der Waals surface area contributed by atoms with E-state index in [1.807, 2.05) is 11.3 Å². The van der Waals surface area contributed by atoms with Gasteiger partial charge in [-0.1, -0.05) is 18.7 Å². The van der Waals surface area contributed by atoms with Crippen molar-refractivity contribution in [3.05, 3.63) is 40.0 Å². The molecule has 1 atom stereocenters. The fourth-order valence-electron chi connectivity index (χ4n) is 4.20. The highest BCUT2D eigenvalue weighted by Gasteiger charge is 2.30. The molecule has 0 N–H and O–H groups in total. The molecule has 5 rings (SSSR count). The number of nitrogens with zero attached hydrogens (tertiary/aromatic N) is 2. The number of hydrogen-bond acceptors (Lipinski definition) is 7. The number of methoxy groups -OCH3 is 2. The van der Waals surface area contributed by atoms with Crippen LogP contribution >= 0.6 is 23.1 Å². The third kappa shape index (κ3) is 4.05. The van der Waals surface area contributed by atoms with E-state index in [9.17, 15) is 4.79 Å². The Kier molecular flexibility index (Phi) is 5.65. The van der Waals surface area contributed by atoms with Crippen molar-refractivity contribution < 1.29 is 14.3 Å². The van der Waals surface area contributed by atoms with Crippen LogP contribution in [-0.4, -0.2) is 35.7 Å². The third-order valence-electron chi connectivity index (χ3n) is 6.13. The van der Waals surface area contributed by atoms with Gasteiger partial charge in [-0.3, -0.25) is 4.79 Å². The van der Waals surface area contributed by atoms with Crippen molar-refractivity contribution in [3.8, 4) is 11.5 Å². The number of benzene rings is 1. The summed E-state index contributed by atoms with van der Waals surface area (Å²) in [6.45, 7) is 2.32. The summed E-state index contributed by atoms with van der Waals surface area (Å²) in [6, 6.07) is 5.33. The number of ether oxygens (including phenoxy) is 2. The summed E-state index contributed by atoms with van der Waals surface area (Å²) in [5, 5.41) is 2.15. The summed E-state index contributed by atoms with van der Waals surface area (Å²) in [4.78, 5) is 25.6. The van der Waals surface area contributed by atoms with Crippen LogP contribution in [0.5, 0.6) is 11.5 Å². The minimum atomic E-state index is 0.0122. The van der Waals surface area contributed by atoms with Gasteiger partial charge in [-0.25, -0.2) is 9.97 Å². The van der Waals surface area contributed by atoms with E-state index in [0.717, 1.165) is 47.3 Å². The van der Waals surface area contributed by atoms with Gasteiger partial charge in [0, 0.05) is 16.2 Å². The quantitative estimate of drug-likeness (QED) is 0.260. The number of thioether (sulfide) groups is 1. The molecule has 1 saturated carbocycles. The molecule has 31 heavy (non-hydrogen) atoms. The van der Waals surface area contributed by atoms with Gasteiger partial charge in [0.25, 0.3) is 0 Å². The lowest BCUT2D eigenvalue weighted by Crippen LogP contribution is -2.09. The van der Waals surface area contributed by atoms with E-state index in [1.54, 1.807) is 32.4 Å². The van der Waals surface area contributed by atoms with Crippen molar-refractivity contribution >= 4 is 39.1 Å². The summed E-state index contributed by atoms with van der Waals surface area (Å²) in [5.41, 5.74) is 1.96. The van der Waals surface area contributed by atoms with Gasteiger partial charge in [0.1, 0.15) is 27.2 Å². The zero-order valence-corrected chi connectivity index (χ0v) is 19.7. The first-order valence-corrected chi connectivity index (χ1v) is 12.6. The molecular formula is C24H26N2O3S2. The number of aryl methyl sites for hydroxylation is 1. The van der Waals surface area contributed by atoms with Crippen LogP contribution in [0.4, 0.5) is 0 Å². The van der Waals surface area contributed by atoms with Gasteiger partial charge in [-0.05, 0) is 61.8 Å². The van der Waals surface area contributed by atoms with Gasteiger partial charge in [0.05, 0.1) is 25.5 Å². The maximum Gasteiger partial charge on any atom is 0.176 e. The van der Waals surface area contributed by atoms with Crippen molar-refractivity contribution in [2.24, 2.45) is 5.92 Å². The van der Waals surface area contributed by atoms with Crippen LogP contribution in [0.2, 0.25) is 0 Å². The molecule has 0 amide bonds. The second kappa shape index (κ2) is 8.43. The Balaban J connectivity index is 1.48. The van der Waals surface area contributed by atoms with E-state index in [-0.39, 0.29) is 5.78 Å². The Morgan fingerprint density at radius 1 is 1.19 bits per heavy atom. The van der Waals surface area contributed by atoms with Crippen LogP contribution in [0.1, 0.15) is 58.7 Å². The average molecular weight is 455 g/mol. The number of hydrogen-bond donors (Lipinski definition) is 0. The zero-order valence-electron chi connectivity index (χ0n) is 18.1. The number of rotatable bonds is 7. The van der Waals surface area contributed by atoms with Crippen molar-refractivity contribution in [3.63, 3.8) is 0 Å². The minimum Gasteiger partial charge on any atom is -0.497 e. The molecule has 0 spiro atoms. The number of Topliss-reactive ketones (excluding diaryl/α,β-unsaturated/α-hetero) is 1. The summed E-state index contributed by atoms with van der Waals surface area (Å²) < 4.78 is 10.7. The molecule has 0 saturated heterocycles. The molecule has 0 radical (unpaired) electrons. The molecule has 2 heterocycles. The van der Waals surface area contributed by atoms with E-state index in [4.69, 9.17) is 19.4 Å². The van der Waals surface area contributed by atoms with Gasteiger partial charge < -0.3 is 9.47 Å². The lowest BCUT2D eigenvalue weighted by Gasteiger charge is -2.18. The van der Waals surface area contributed by atoms with Crippen molar-refractivity contribution in [1.29, 1.82) is 0 Å². The van der Waals surface area contributed by atoms with Gasteiger partial charge in [-0.15, -0.1) is 11.3 Å². The first-order valence-electron chi connectivity index (χ1n) is 10.8. The van der Waals surface area contributed by atoms with E-state index in [1.165, 1.54) is 34.0 Å². The average Bonchev–Trinajstić information content (AvgIpc) is 3.57. The molecule has 2 aliphatic carbocycles. The fourth-order valence-corrected chi connectivity index (χ4v) is 6.60. The van der Waals surface area contributed by atoms with Gasteiger partial charge >= 0.3 is 0 Å². The van der Waals surface area contributed by atoms with E-state index < -0.39 is 0 Å². The molecule has 0 bridgehead atoms. The lowest BCUT2D eigenvalue weighted by molar-refractivity contribution is 0.101. The first-order chi connectivity index (χ1) is 15.1. The lowest BCUT2D eigenvalue weighted by atomic mass is 9.89. The highest BCUT2D eigenvalue weighted by atomic mass is 32.2. The Morgan fingerprint density at radius 3 is 2.77 bits per heavy atom. The SMILES string of the molecule is COc1ccc(OC)c(C(=O)CSc2nc(C3CC3)nc3sc4c(c23)CC[C@@H](C)C4)c1. The predicted molar refractivity (Wildman–Crippen MR) is 125 cm³/mol. The monoisotopic (exact) mass is 454 g/mol. The van der Waals surface area contributed by atoms with Crippen LogP contribution in [0.15, 0.2) is 23.2 Å². The standard InChI is InChI=1S/C24H26N2O3S2/c1-13-4-8-16-20(10-13)31-24-21(16)23(25-22(26-24)14-5-6-14)30-12-18(27)17-11-15(28-2)7-9-19(17)29-3/h7,9,11,13-14H,4-6,8,10,12H2,1-3H3/t13-/m1/s1. The highest BCUT2D eigenvalue weighted by Crippen LogP contribution is 2.44. The fraction of sp³-hybridized carbons (Fsp3) is 0.458. The number of thiophene rings is 1. The molecule has 5 nitrogen and oxygen atoms in total. The molecule has 1 fully saturated rings. The number of aromatic nitrogens is 2. The van der Waals surface area contributed by atoms with Crippen LogP contribution in [0, 0.1) is 5.92 Å². The number of carbonyl (C=O) groups is 1. The Morgan fingerprint density at radius 2 is 2.03 bits per heavy atom. The molecule has 2 aliphatic rings. The Hall–Kier alpha value is -2.12. The molecule has 0 unspecified atom stereocenters.